The number of ether oxygens (including phenoxy) is 2. The Balaban J connectivity index is 1.33. The number of phenolic OH excluding ortho intramolecular Hbond substituents is 1. The van der Waals surface area contributed by atoms with Crippen molar-refractivity contribution in [3.8, 4) is 17.2 Å². The lowest BCUT2D eigenvalue weighted by molar-refractivity contribution is -0.128. The molecule has 3 aliphatic rings. The van der Waals surface area contributed by atoms with E-state index in [4.69, 9.17) is 55.9 Å². The number of Topliss-reactive ketones (excluding diaryl/α,β-unsaturated/α-hetero) is 2. The Morgan fingerprint density at radius 2 is 1.63 bits per heavy atom. The van der Waals surface area contributed by atoms with Crippen molar-refractivity contribution in [2.24, 2.45) is 7.05 Å². The normalized spacial score (nSPS) is 24.3. The molecule has 7 rings (SSSR count). The summed E-state index contributed by atoms with van der Waals surface area (Å²) in [5.41, 5.74) is 0.510. The molecule has 1 aliphatic heterocycles. The lowest BCUT2D eigenvalue weighted by atomic mass is 9.59. The standard InChI is InChI=1S/C34H29Cl4N5O8/c1-15-11-16(5-6-22(15)44)25-17-7-10-42-31(48)41(9-8-18-30(47)40(2)20-13-24(51-4)23(50-3)12-19(20)39-18)32(49)43(42)21(17)14-33(37)28(45)26(35)27(36)29(46)34(25,33)38/h5-7,11-13,21,25,44H,8-10,14H2,1-4H3/t21-,25+,33-,34+/m1/s1. The van der Waals surface area contributed by atoms with E-state index in [2.05, 4.69) is 4.98 Å². The minimum atomic E-state index is -2.20. The second-order valence-electron chi connectivity index (χ2n) is 12.7. The largest absolute Gasteiger partial charge is 0.508 e. The molecule has 51 heavy (non-hydrogen) atoms. The molecule has 1 fully saturated rings. The van der Waals surface area contributed by atoms with Gasteiger partial charge in [0.25, 0.3) is 5.56 Å². The topological polar surface area (TPSA) is 157 Å². The van der Waals surface area contributed by atoms with Gasteiger partial charge in [0.1, 0.15) is 31.3 Å². The van der Waals surface area contributed by atoms with Gasteiger partial charge in [-0.05, 0) is 29.7 Å². The number of carbonyl (C=O) groups is 2. The minimum absolute atomic E-state index is 0.0201. The third-order valence-electron chi connectivity index (χ3n) is 10.2. The van der Waals surface area contributed by atoms with Gasteiger partial charge in [-0.25, -0.2) is 28.5 Å². The lowest BCUT2D eigenvalue weighted by Gasteiger charge is -2.54. The quantitative estimate of drug-likeness (QED) is 0.227. The van der Waals surface area contributed by atoms with Crippen LogP contribution in [0, 0.1) is 6.92 Å². The van der Waals surface area contributed by atoms with Crippen molar-refractivity contribution in [2.45, 2.75) is 54.6 Å². The molecule has 4 aromatic rings. The number of carbonyl (C=O) groups excluding carboxylic acids is 2. The fourth-order valence-corrected chi connectivity index (χ4v) is 9.05. The third-order valence-corrected chi connectivity index (χ3v) is 12.4. The second kappa shape index (κ2) is 12.1. The van der Waals surface area contributed by atoms with Crippen molar-refractivity contribution in [3.05, 3.63) is 100 Å². The number of benzene rings is 2. The summed E-state index contributed by atoms with van der Waals surface area (Å²) in [7, 11) is 4.53. The number of ketones is 2. The molecule has 1 saturated carbocycles. The van der Waals surface area contributed by atoms with Gasteiger partial charge in [0.05, 0.1) is 37.8 Å². The summed E-state index contributed by atoms with van der Waals surface area (Å²) >= 11 is 27.0. The molecule has 2 aromatic carbocycles. The number of methoxy groups -OCH3 is 2. The molecule has 0 amide bonds. The highest BCUT2D eigenvalue weighted by Gasteiger charge is 2.71. The summed E-state index contributed by atoms with van der Waals surface area (Å²) in [5.74, 6) is -2.10. The average Bonchev–Trinajstić information content (AvgIpc) is 3.36. The van der Waals surface area contributed by atoms with Crippen LogP contribution in [0.4, 0.5) is 0 Å². The lowest BCUT2D eigenvalue weighted by Crippen LogP contribution is -2.67. The number of rotatable bonds is 6. The summed E-state index contributed by atoms with van der Waals surface area (Å²) in [6.45, 7) is 1.35. The zero-order valence-corrected chi connectivity index (χ0v) is 30.5. The van der Waals surface area contributed by atoms with E-state index in [1.54, 1.807) is 44.3 Å². The number of nitrogens with zero attached hydrogens (tertiary/aromatic N) is 5. The van der Waals surface area contributed by atoms with Crippen LogP contribution in [0.3, 0.4) is 0 Å². The van der Waals surface area contributed by atoms with Gasteiger partial charge in [-0.15, -0.1) is 23.2 Å². The zero-order valence-electron chi connectivity index (χ0n) is 27.5. The van der Waals surface area contributed by atoms with Crippen LogP contribution in [0.2, 0.25) is 0 Å². The smallest absolute Gasteiger partial charge is 0.347 e. The fraction of sp³-hybridized carbons (Fsp3) is 0.353. The molecule has 0 bridgehead atoms. The fourth-order valence-electron chi connectivity index (χ4n) is 7.53. The highest BCUT2D eigenvalue weighted by atomic mass is 35.5. The Bertz CT molecular complexity index is 2480. The van der Waals surface area contributed by atoms with Gasteiger partial charge < -0.3 is 19.1 Å². The Kier molecular flexibility index (Phi) is 8.36. The number of fused-ring (bicyclic) bond motifs is 5. The summed E-state index contributed by atoms with van der Waals surface area (Å²) in [4.78, 5) is 69.3. The van der Waals surface area contributed by atoms with Crippen LogP contribution in [0.15, 0.2) is 66.4 Å². The zero-order chi connectivity index (χ0) is 36.9. The van der Waals surface area contributed by atoms with E-state index < -0.39 is 60.3 Å². The first-order valence-corrected chi connectivity index (χ1v) is 17.2. The van der Waals surface area contributed by atoms with E-state index in [-0.39, 0.29) is 37.4 Å². The van der Waals surface area contributed by atoms with Gasteiger partial charge in [-0.1, -0.05) is 41.4 Å². The maximum atomic E-state index is 14.2. The Morgan fingerprint density at radius 3 is 2.29 bits per heavy atom. The monoisotopic (exact) mass is 775 g/mol. The van der Waals surface area contributed by atoms with E-state index in [1.807, 2.05) is 0 Å². The van der Waals surface area contributed by atoms with Gasteiger partial charge in [0.15, 0.2) is 23.1 Å². The Labute approximate surface area is 308 Å². The molecule has 2 aromatic heterocycles. The third kappa shape index (κ3) is 4.81. The van der Waals surface area contributed by atoms with Gasteiger partial charge in [-0.3, -0.25) is 14.4 Å². The highest BCUT2D eigenvalue weighted by molar-refractivity contribution is 6.66. The van der Waals surface area contributed by atoms with Crippen LogP contribution >= 0.6 is 46.4 Å². The summed E-state index contributed by atoms with van der Waals surface area (Å²) < 4.78 is 15.5. The average molecular weight is 777 g/mol. The number of aromatic hydroxyl groups is 1. The number of aromatic nitrogens is 5. The van der Waals surface area contributed by atoms with Gasteiger partial charge in [0.2, 0.25) is 0 Å². The van der Waals surface area contributed by atoms with Crippen LogP contribution in [-0.2, 0) is 36.1 Å². The number of halogens is 4. The Morgan fingerprint density at radius 1 is 0.961 bits per heavy atom. The predicted molar refractivity (Wildman–Crippen MR) is 190 cm³/mol. The van der Waals surface area contributed by atoms with Gasteiger partial charge in [0, 0.05) is 44.5 Å². The Hall–Kier alpha value is -4.30. The first kappa shape index (κ1) is 35.1. The SMILES string of the molecule is COc1cc2nc(CCn3c(=O)n4n(c3=O)[C@@H]3C[C@@]5(Cl)C(=O)C(Cl)=C(Cl)C(=O)[C@@]5(Cl)[C@@H](c5ccc(O)c(C)c5)C3=CC4)c(=O)n(C)c2cc1OC. The molecular weight excluding hydrogens is 748 g/mol. The number of allylic oxidation sites excluding steroid dienone is 4. The van der Waals surface area contributed by atoms with E-state index in [1.165, 1.54) is 34.2 Å². The molecule has 1 N–H and O–H groups in total. The molecule has 0 unspecified atom stereocenters. The number of aryl methyl sites for hydroxylation is 3. The molecule has 266 valence electrons. The number of phenols is 1. The van der Waals surface area contributed by atoms with Crippen LogP contribution in [-0.4, -0.2) is 64.1 Å². The van der Waals surface area contributed by atoms with Crippen molar-refractivity contribution in [1.29, 1.82) is 0 Å². The first-order chi connectivity index (χ1) is 24.1. The second-order valence-corrected chi connectivity index (χ2v) is 14.7. The van der Waals surface area contributed by atoms with Crippen LogP contribution < -0.4 is 26.4 Å². The van der Waals surface area contributed by atoms with Gasteiger partial charge in [-0.2, -0.15) is 0 Å². The van der Waals surface area contributed by atoms with E-state index in [0.29, 0.717) is 39.2 Å². The van der Waals surface area contributed by atoms with Crippen molar-refractivity contribution in [3.63, 3.8) is 0 Å². The van der Waals surface area contributed by atoms with Crippen molar-refractivity contribution in [2.75, 3.05) is 14.2 Å². The number of hydrogen-bond acceptors (Lipinski definition) is 9. The minimum Gasteiger partial charge on any atom is -0.508 e. The van der Waals surface area contributed by atoms with Crippen LogP contribution in [0.25, 0.3) is 11.0 Å². The van der Waals surface area contributed by atoms with E-state index >= 15 is 0 Å². The van der Waals surface area contributed by atoms with Crippen LogP contribution in [0.1, 0.15) is 35.2 Å². The van der Waals surface area contributed by atoms with Gasteiger partial charge >= 0.3 is 11.4 Å². The molecule has 0 radical (unpaired) electrons. The molecule has 13 nitrogen and oxygen atoms in total. The number of hydrogen-bond donors (Lipinski definition) is 1. The molecule has 2 aliphatic carbocycles. The molecule has 4 atom stereocenters. The molecule has 0 spiro atoms. The van der Waals surface area contributed by atoms with Crippen molar-refractivity contribution >= 4 is 69.0 Å². The maximum Gasteiger partial charge on any atom is 0.347 e. The van der Waals surface area contributed by atoms with Crippen molar-refractivity contribution < 1.29 is 24.2 Å². The van der Waals surface area contributed by atoms with Crippen molar-refractivity contribution in [1.82, 2.24) is 23.5 Å². The summed E-state index contributed by atoms with van der Waals surface area (Å²) in [6.07, 6.45) is 1.22. The molecule has 17 heteroatoms. The van der Waals surface area contributed by atoms with E-state index in [9.17, 15) is 29.1 Å². The predicted octanol–water partition coefficient (Wildman–Crippen LogP) is 3.80. The summed E-state index contributed by atoms with van der Waals surface area (Å²) in [6, 6.07) is 6.80. The van der Waals surface area contributed by atoms with Crippen LogP contribution in [0.5, 0.6) is 17.2 Å². The molecule has 0 saturated heterocycles. The first-order valence-electron chi connectivity index (χ1n) is 15.7. The number of alkyl halides is 2. The molecule has 3 heterocycles. The van der Waals surface area contributed by atoms with E-state index in [0.717, 1.165) is 4.57 Å². The summed E-state index contributed by atoms with van der Waals surface area (Å²) in [5, 5.41) is 9.15. The maximum absolute atomic E-state index is 14.2. The highest BCUT2D eigenvalue weighted by Crippen LogP contribution is 2.63. The molecular formula is C34H29Cl4N5O8.